The van der Waals surface area contributed by atoms with Gasteiger partial charge in [0, 0.05) is 30.3 Å². The van der Waals surface area contributed by atoms with Crippen molar-refractivity contribution in [2.24, 2.45) is 5.92 Å². The fourth-order valence-electron chi connectivity index (χ4n) is 3.59. The molecule has 1 saturated carbocycles. The summed E-state index contributed by atoms with van der Waals surface area (Å²) in [7, 11) is -2.05. The molecule has 2 amide bonds. The van der Waals surface area contributed by atoms with Crippen LogP contribution in [0.2, 0.25) is 0 Å². The van der Waals surface area contributed by atoms with E-state index in [1.807, 2.05) is 0 Å². The first kappa shape index (κ1) is 20.4. The number of fused-ring (bicyclic) bond motifs is 1. The predicted octanol–water partition coefficient (Wildman–Crippen LogP) is 2.80. The molecule has 2 aromatic rings. The van der Waals surface area contributed by atoms with Crippen molar-refractivity contribution < 1.29 is 22.7 Å². The molecule has 1 N–H and O–H groups in total. The maximum absolute atomic E-state index is 12.7. The van der Waals surface area contributed by atoms with Crippen molar-refractivity contribution in [1.82, 2.24) is 0 Å². The third kappa shape index (κ3) is 4.33. The highest BCUT2D eigenvalue weighted by atomic mass is 32.2. The molecular formula is C22H24N2O5S. The van der Waals surface area contributed by atoms with Gasteiger partial charge in [-0.2, -0.15) is 0 Å². The van der Waals surface area contributed by atoms with Crippen molar-refractivity contribution in [3.05, 3.63) is 48.0 Å². The molecule has 7 nitrogen and oxygen atoms in total. The standard InChI is InChI=1S/C22H24N2O5S/c1-29-18-6-4-17(5-7-18)23-21(25)11-13-30(27,28)19-8-9-20-16(14-19)10-12-24(20)22(26)15-2-3-15/h4-9,14-15H,2-3,10-13H2,1H3,(H,23,25). The van der Waals surface area contributed by atoms with Gasteiger partial charge in [0.25, 0.3) is 0 Å². The van der Waals surface area contributed by atoms with Crippen LogP contribution in [0, 0.1) is 5.92 Å². The number of nitrogens with one attached hydrogen (secondary N) is 1. The van der Waals surface area contributed by atoms with Gasteiger partial charge in [0.15, 0.2) is 9.84 Å². The first-order valence-corrected chi connectivity index (χ1v) is 11.6. The van der Waals surface area contributed by atoms with Gasteiger partial charge in [-0.15, -0.1) is 0 Å². The van der Waals surface area contributed by atoms with Crippen LogP contribution in [-0.2, 0) is 25.8 Å². The smallest absolute Gasteiger partial charge is 0.230 e. The topological polar surface area (TPSA) is 92.8 Å². The summed E-state index contributed by atoms with van der Waals surface area (Å²) < 4.78 is 30.5. The predicted molar refractivity (Wildman–Crippen MR) is 114 cm³/mol. The number of nitrogens with zero attached hydrogens (tertiary/aromatic N) is 1. The van der Waals surface area contributed by atoms with E-state index >= 15 is 0 Å². The summed E-state index contributed by atoms with van der Waals surface area (Å²) >= 11 is 0. The molecule has 2 aliphatic rings. The Morgan fingerprint density at radius 1 is 1.13 bits per heavy atom. The molecule has 158 valence electrons. The molecule has 0 bridgehead atoms. The number of rotatable bonds is 7. The van der Waals surface area contributed by atoms with Crippen LogP contribution >= 0.6 is 0 Å². The molecule has 1 aliphatic heterocycles. The van der Waals surface area contributed by atoms with Crippen molar-refractivity contribution in [2.45, 2.75) is 30.6 Å². The molecule has 30 heavy (non-hydrogen) atoms. The zero-order valence-electron chi connectivity index (χ0n) is 16.8. The van der Waals surface area contributed by atoms with E-state index in [9.17, 15) is 18.0 Å². The van der Waals surface area contributed by atoms with Gasteiger partial charge in [-0.25, -0.2) is 8.42 Å². The van der Waals surface area contributed by atoms with Crippen LogP contribution in [0.15, 0.2) is 47.4 Å². The molecule has 1 aliphatic carbocycles. The molecule has 0 saturated heterocycles. The number of amides is 2. The number of carbonyl (C=O) groups is 2. The van der Waals surface area contributed by atoms with Crippen LogP contribution in [0.25, 0.3) is 0 Å². The van der Waals surface area contributed by atoms with Gasteiger partial charge >= 0.3 is 0 Å². The normalized spacial score (nSPS) is 15.6. The van der Waals surface area contributed by atoms with Gasteiger partial charge < -0.3 is 15.0 Å². The highest BCUT2D eigenvalue weighted by Crippen LogP contribution is 2.37. The van der Waals surface area contributed by atoms with Crippen molar-refractivity contribution in [3.63, 3.8) is 0 Å². The average Bonchev–Trinajstić information content (AvgIpc) is 3.51. The molecule has 0 aromatic heterocycles. The summed E-state index contributed by atoms with van der Waals surface area (Å²) in [6, 6.07) is 11.7. The minimum atomic E-state index is -3.61. The van der Waals surface area contributed by atoms with Gasteiger partial charge in [-0.3, -0.25) is 9.59 Å². The first-order valence-electron chi connectivity index (χ1n) is 9.98. The van der Waals surface area contributed by atoms with Crippen LogP contribution in [0.1, 0.15) is 24.8 Å². The Hall–Kier alpha value is -2.87. The Morgan fingerprint density at radius 3 is 2.53 bits per heavy atom. The van der Waals surface area contributed by atoms with Gasteiger partial charge in [0.1, 0.15) is 5.75 Å². The molecule has 0 atom stereocenters. The maximum atomic E-state index is 12.7. The van der Waals surface area contributed by atoms with Crippen molar-refractivity contribution in [1.29, 1.82) is 0 Å². The number of hydrogen-bond acceptors (Lipinski definition) is 5. The highest BCUT2D eigenvalue weighted by molar-refractivity contribution is 7.91. The lowest BCUT2D eigenvalue weighted by molar-refractivity contribution is -0.119. The van der Waals surface area contributed by atoms with E-state index < -0.39 is 9.84 Å². The van der Waals surface area contributed by atoms with E-state index in [0.29, 0.717) is 24.4 Å². The Kier molecular flexibility index (Phi) is 5.51. The number of carbonyl (C=O) groups excluding carboxylic acids is 2. The second kappa shape index (κ2) is 8.10. The molecular weight excluding hydrogens is 404 g/mol. The monoisotopic (exact) mass is 428 g/mol. The number of hydrogen-bond donors (Lipinski definition) is 1. The average molecular weight is 429 g/mol. The van der Waals surface area contributed by atoms with Crippen LogP contribution in [0.4, 0.5) is 11.4 Å². The van der Waals surface area contributed by atoms with Crippen LogP contribution in [0.3, 0.4) is 0 Å². The number of anilines is 2. The lowest BCUT2D eigenvalue weighted by Crippen LogP contribution is -2.30. The summed E-state index contributed by atoms with van der Waals surface area (Å²) in [5.74, 6) is 0.289. The largest absolute Gasteiger partial charge is 0.497 e. The summed E-state index contributed by atoms with van der Waals surface area (Å²) in [6.07, 6.45) is 2.39. The first-order chi connectivity index (χ1) is 14.4. The zero-order chi connectivity index (χ0) is 21.3. The minimum Gasteiger partial charge on any atom is -0.497 e. The van der Waals surface area contributed by atoms with Gasteiger partial charge in [-0.1, -0.05) is 0 Å². The van der Waals surface area contributed by atoms with E-state index in [4.69, 9.17) is 4.74 Å². The van der Waals surface area contributed by atoms with Crippen molar-refractivity contribution in [2.75, 3.05) is 29.6 Å². The number of benzene rings is 2. The molecule has 0 radical (unpaired) electrons. The molecule has 0 unspecified atom stereocenters. The Morgan fingerprint density at radius 2 is 1.87 bits per heavy atom. The van der Waals surface area contributed by atoms with Crippen LogP contribution in [0.5, 0.6) is 5.75 Å². The summed E-state index contributed by atoms with van der Waals surface area (Å²) in [5.41, 5.74) is 2.26. The van der Waals surface area contributed by atoms with Crippen LogP contribution < -0.4 is 15.0 Å². The summed E-state index contributed by atoms with van der Waals surface area (Å²) in [6.45, 7) is 0.596. The SMILES string of the molecule is COc1ccc(NC(=O)CCS(=O)(=O)c2ccc3c(c2)CCN3C(=O)C2CC2)cc1. The molecule has 8 heteroatoms. The second-order valence-electron chi connectivity index (χ2n) is 7.65. The third-order valence-electron chi connectivity index (χ3n) is 5.47. The molecule has 1 fully saturated rings. The fraction of sp³-hybridized carbons (Fsp3) is 0.364. The summed E-state index contributed by atoms with van der Waals surface area (Å²) in [4.78, 5) is 26.5. The number of methoxy groups -OCH3 is 1. The summed E-state index contributed by atoms with van der Waals surface area (Å²) in [5, 5.41) is 2.69. The molecule has 2 aromatic carbocycles. The molecule has 1 heterocycles. The lowest BCUT2D eigenvalue weighted by Gasteiger charge is -2.17. The van der Waals surface area contributed by atoms with E-state index in [1.54, 1.807) is 48.4 Å². The van der Waals surface area contributed by atoms with Crippen molar-refractivity contribution >= 4 is 33.0 Å². The van der Waals surface area contributed by atoms with E-state index in [0.717, 1.165) is 24.1 Å². The molecule has 0 spiro atoms. The van der Waals surface area contributed by atoms with E-state index in [2.05, 4.69) is 5.32 Å². The minimum absolute atomic E-state index is 0.128. The third-order valence-corrected chi connectivity index (χ3v) is 7.18. The maximum Gasteiger partial charge on any atom is 0.230 e. The van der Waals surface area contributed by atoms with E-state index in [1.165, 1.54) is 6.07 Å². The Labute approximate surface area is 175 Å². The Balaban J connectivity index is 1.38. The lowest BCUT2D eigenvalue weighted by atomic mass is 10.2. The van der Waals surface area contributed by atoms with Gasteiger partial charge in [0.05, 0.1) is 17.8 Å². The zero-order valence-corrected chi connectivity index (χ0v) is 17.6. The van der Waals surface area contributed by atoms with E-state index in [-0.39, 0.29) is 34.8 Å². The van der Waals surface area contributed by atoms with Crippen LogP contribution in [-0.4, -0.2) is 39.6 Å². The van der Waals surface area contributed by atoms with Gasteiger partial charge in [-0.05, 0) is 67.3 Å². The number of ether oxygens (including phenoxy) is 1. The highest BCUT2D eigenvalue weighted by Gasteiger charge is 2.36. The molecule has 4 rings (SSSR count). The fourth-order valence-corrected chi connectivity index (χ4v) is 4.88. The Bertz CT molecular complexity index is 1080. The van der Waals surface area contributed by atoms with Crippen molar-refractivity contribution in [3.8, 4) is 5.75 Å². The quantitative estimate of drug-likeness (QED) is 0.732. The second-order valence-corrected chi connectivity index (χ2v) is 9.76. The van der Waals surface area contributed by atoms with Gasteiger partial charge in [0.2, 0.25) is 11.8 Å². The number of sulfone groups is 1.